The Morgan fingerprint density at radius 1 is 1.17 bits per heavy atom. The molecule has 0 radical (unpaired) electrons. The minimum atomic E-state index is -0.509. The predicted octanol–water partition coefficient (Wildman–Crippen LogP) is 1.11. The first-order chi connectivity index (χ1) is 14.0. The van der Waals surface area contributed by atoms with Gasteiger partial charge in [-0.25, -0.2) is 9.89 Å². The van der Waals surface area contributed by atoms with Crippen molar-refractivity contribution in [3.63, 3.8) is 0 Å². The third-order valence-corrected chi connectivity index (χ3v) is 4.84. The lowest BCUT2D eigenvalue weighted by atomic mass is 10.1. The van der Waals surface area contributed by atoms with Crippen LogP contribution in [-0.2, 0) is 11.3 Å². The number of para-hydroxylation sites is 1. The number of carbonyl (C=O) groups excluding carboxylic acids is 2. The van der Waals surface area contributed by atoms with Gasteiger partial charge >= 0.3 is 5.69 Å². The van der Waals surface area contributed by atoms with E-state index in [0.717, 1.165) is 11.3 Å². The first-order valence-electron chi connectivity index (χ1n) is 9.98. The zero-order valence-corrected chi connectivity index (χ0v) is 16.9. The summed E-state index contributed by atoms with van der Waals surface area (Å²) in [5.41, 5.74) is 1.47. The summed E-state index contributed by atoms with van der Waals surface area (Å²) in [6, 6.07) is 7.91. The average Bonchev–Trinajstić information content (AvgIpc) is 3.10. The second-order valence-corrected chi connectivity index (χ2v) is 7.62. The minimum absolute atomic E-state index is 0.000832. The van der Waals surface area contributed by atoms with Crippen LogP contribution in [0.5, 0.6) is 0 Å². The van der Waals surface area contributed by atoms with Gasteiger partial charge in [-0.15, -0.1) is 5.10 Å². The molecule has 0 atom stereocenters. The summed E-state index contributed by atoms with van der Waals surface area (Å²) < 4.78 is 0. The number of aromatic nitrogens is 3. The lowest BCUT2D eigenvalue weighted by molar-refractivity contribution is -0.119. The van der Waals surface area contributed by atoms with Crippen LogP contribution in [0, 0.1) is 5.92 Å². The van der Waals surface area contributed by atoms with E-state index in [4.69, 9.17) is 0 Å². The van der Waals surface area contributed by atoms with Crippen LogP contribution in [0.4, 0.5) is 5.69 Å². The second-order valence-electron chi connectivity index (χ2n) is 7.62. The summed E-state index contributed by atoms with van der Waals surface area (Å²) in [6.45, 7) is 6.71. The van der Waals surface area contributed by atoms with Gasteiger partial charge in [0.25, 0.3) is 5.91 Å². The largest absolute Gasteiger partial charge is 0.341 e. The van der Waals surface area contributed by atoms with Crippen molar-refractivity contribution in [3.8, 4) is 0 Å². The van der Waals surface area contributed by atoms with E-state index >= 15 is 0 Å². The quantitative estimate of drug-likeness (QED) is 0.714. The first-order valence-corrected chi connectivity index (χ1v) is 9.98. The van der Waals surface area contributed by atoms with Crippen LogP contribution in [0.3, 0.4) is 0 Å². The van der Waals surface area contributed by atoms with Crippen LogP contribution in [0.15, 0.2) is 29.1 Å². The number of hydrogen-bond donors (Lipinski definition) is 3. The third kappa shape index (κ3) is 5.32. The number of benzene rings is 1. The molecule has 3 N–H and O–H groups in total. The molecule has 1 aromatic carbocycles. The summed E-state index contributed by atoms with van der Waals surface area (Å²) in [6.07, 6.45) is 1.09. The molecule has 0 spiro atoms. The number of H-pyrrole nitrogens is 2. The van der Waals surface area contributed by atoms with Gasteiger partial charge in [-0.05, 0) is 24.0 Å². The molecular weight excluding hydrogens is 372 g/mol. The van der Waals surface area contributed by atoms with E-state index in [1.807, 2.05) is 43.0 Å². The maximum Gasteiger partial charge on any atom is 0.341 e. The molecule has 29 heavy (non-hydrogen) atoms. The highest BCUT2D eigenvalue weighted by molar-refractivity contribution is 5.94. The fourth-order valence-electron chi connectivity index (χ4n) is 3.46. The van der Waals surface area contributed by atoms with Gasteiger partial charge in [-0.3, -0.25) is 14.6 Å². The van der Waals surface area contributed by atoms with Crippen LogP contribution in [0.2, 0.25) is 0 Å². The Bertz CT molecular complexity index is 903. The number of anilines is 1. The van der Waals surface area contributed by atoms with Crippen molar-refractivity contribution in [2.75, 3.05) is 31.1 Å². The third-order valence-electron chi connectivity index (χ3n) is 4.84. The van der Waals surface area contributed by atoms with Gasteiger partial charge < -0.3 is 15.1 Å². The highest BCUT2D eigenvalue weighted by atomic mass is 16.2. The molecule has 0 bridgehead atoms. The van der Waals surface area contributed by atoms with Crippen LogP contribution in [0.25, 0.3) is 0 Å². The van der Waals surface area contributed by atoms with E-state index in [2.05, 4.69) is 20.5 Å². The Morgan fingerprint density at radius 2 is 1.97 bits per heavy atom. The van der Waals surface area contributed by atoms with Crippen molar-refractivity contribution in [2.24, 2.45) is 5.92 Å². The molecule has 2 amide bonds. The van der Waals surface area contributed by atoms with Gasteiger partial charge in [0, 0.05) is 44.8 Å². The number of nitrogens with zero attached hydrogens (tertiary/aromatic N) is 3. The Hall–Kier alpha value is -2.94. The molecule has 9 nitrogen and oxygen atoms in total. The van der Waals surface area contributed by atoms with Crippen molar-refractivity contribution < 1.29 is 9.59 Å². The maximum absolute atomic E-state index is 12.9. The lowest BCUT2D eigenvalue weighted by Gasteiger charge is -2.27. The summed E-state index contributed by atoms with van der Waals surface area (Å²) in [5, 5.41) is 9.32. The molecule has 3 rings (SSSR count). The summed E-state index contributed by atoms with van der Waals surface area (Å²) >= 11 is 0. The van der Waals surface area contributed by atoms with Gasteiger partial charge in [0.05, 0.1) is 0 Å². The second kappa shape index (κ2) is 9.51. The predicted molar refractivity (Wildman–Crippen MR) is 110 cm³/mol. The zero-order chi connectivity index (χ0) is 20.8. The molecule has 0 saturated carbocycles. The van der Waals surface area contributed by atoms with E-state index < -0.39 is 5.69 Å². The molecule has 2 aromatic rings. The minimum Gasteiger partial charge on any atom is -0.335 e. The maximum atomic E-state index is 12.9. The number of nitrogens with one attached hydrogen (secondary N) is 3. The smallest absolute Gasteiger partial charge is 0.335 e. The molecule has 0 saturated heterocycles. The standard InChI is InChI=1S/C20H28N6O3/c1-14(2)12-17(27)26-10-5-9-25(19(28)18-22-20(29)24-23-18)11-8-21-13-15-6-3-4-7-16(15)26/h3-4,6-7,14,21H,5,8-13H2,1-2H3,(H2,22,23,24,29). The van der Waals surface area contributed by atoms with Crippen LogP contribution >= 0.6 is 0 Å². The van der Waals surface area contributed by atoms with Crippen molar-refractivity contribution in [1.29, 1.82) is 0 Å². The van der Waals surface area contributed by atoms with E-state index in [1.165, 1.54) is 0 Å². The average molecular weight is 400 g/mol. The number of fused-ring (bicyclic) bond motifs is 1. The number of aromatic amines is 2. The van der Waals surface area contributed by atoms with Crippen LogP contribution in [-0.4, -0.2) is 58.1 Å². The van der Waals surface area contributed by atoms with E-state index in [0.29, 0.717) is 45.6 Å². The number of amides is 2. The van der Waals surface area contributed by atoms with E-state index in [-0.39, 0.29) is 23.6 Å². The SMILES string of the molecule is CC(C)CC(=O)N1CCCN(C(=O)c2n[nH]c(=O)[nH]2)CCNCc2ccccc21. The monoisotopic (exact) mass is 400 g/mol. The normalized spacial score (nSPS) is 15.7. The van der Waals surface area contributed by atoms with Crippen LogP contribution in [0.1, 0.15) is 42.9 Å². The molecule has 9 heteroatoms. The molecule has 0 fully saturated rings. The van der Waals surface area contributed by atoms with Crippen molar-refractivity contribution in [2.45, 2.75) is 33.2 Å². The fourth-order valence-corrected chi connectivity index (χ4v) is 3.46. The Balaban J connectivity index is 1.81. The first kappa shape index (κ1) is 20.8. The summed E-state index contributed by atoms with van der Waals surface area (Å²) in [7, 11) is 0. The Kier molecular flexibility index (Phi) is 6.82. The highest BCUT2D eigenvalue weighted by Crippen LogP contribution is 2.23. The molecule has 1 aliphatic rings. The molecule has 156 valence electrons. The number of rotatable bonds is 3. The van der Waals surface area contributed by atoms with Crippen molar-refractivity contribution in [1.82, 2.24) is 25.4 Å². The Labute approximate surface area is 169 Å². The topological polar surface area (TPSA) is 114 Å². The van der Waals surface area contributed by atoms with Gasteiger partial charge in [0.1, 0.15) is 0 Å². The fraction of sp³-hybridized carbons (Fsp3) is 0.500. The molecule has 1 aromatic heterocycles. The zero-order valence-electron chi connectivity index (χ0n) is 16.9. The molecule has 1 aliphatic heterocycles. The van der Waals surface area contributed by atoms with Crippen molar-refractivity contribution >= 4 is 17.5 Å². The number of carbonyl (C=O) groups is 2. The summed E-state index contributed by atoms with van der Waals surface area (Å²) in [4.78, 5) is 42.8. The van der Waals surface area contributed by atoms with E-state index in [1.54, 1.807) is 4.90 Å². The molecule has 0 unspecified atom stereocenters. The van der Waals surface area contributed by atoms with Crippen molar-refractivity contribution in [3.05, 3.63) is 46.1 Å². The van der Waals surface area contributed by atoms with Gasteiger partial charge in [0.15, 0.2) is 0 Å². The van der Waals surface area contributed by atoms with E-state index in [9.17, 15) is 14.4 Å². The number of hydrogen-bond acceptors (Lipinski definition) is 5. The van der Waals surface area contributed by atoms with Gasteiger partial charge in [-0.1, -0.05) is 32.0 Å². The van der Waals surface area contributed by atoms with Gasteiger partial charge in [-0.2, -0.15) is 0 Å². The molecule has 2 heterocycles. The highest BCUT2D eigenvalue weighted by Gasteiger charge is 2.23. The molecular formula is C20H28N6O3. The van der Waals surface area contributed by atoms with Gasteiger partial charge in [0.2, 0.25) is 11.7 Å². The van der Waals surface area contributed by atoms with Crippen LogP contribution < -0.4 is 15.9 Å². The Morgan fingerprint density at radius 3 is 2.69 bits per heavy atom. The molecule has 0 aliphatic carbocycles. The lowest BCUT2D eigenvalue weighted by Crippen LogP contribution is -2.39. The summed E-state index contributed by atoms with van der Waals surface area (Å²) in [5.74, 6) is 0.0182.